The average Bonchev–Trinajstić information content (AvgIpc) is 1.87. The van der Waals surface area contributed by atoms with Crippen LogP contribution in [-0.4, -0.2) is 11.1 Å². The van der Waals surface area contributed by atoms with E-state index in [9.17, 15) is 4.79 Å². The predicted octanol–water partition coefficient (Wildman–Crippen LogP) is 0.153. The molecule has 0 amide bonds. The van der Waals surface area contributed by atoms with Crippen LogP contribution in [0.5, 0.6) is 0 Å². The Hall–Kier alpha value is 0.430. The second kappa shape index (κ2) is 14.0. The first-order valence-electron chi connectivity index (χ1n) is 3.99. The van der Waals surface area contributed by atoms with E-state index in [-0.39, 0.29) is 35.7 Å². The number of hydrogen-bond acceptors (Lipinski definition) is 1. The summed E-state index contributed by atoms with van der Waals surface area (Å²) in [6.07, 6.45) is 5.88. The first-order valence-corrected chi connectivity index (χ1v) is 3.99. The zero-order valence-electron chi connectivity index (χ0n) is 8.18. The van der Waals surface area contributed by atoms with Gasteiger partial charge in [-0.25, -0.2) is 0 Å². The second-order valence-corrected chi connectivity index (χ2v) is 2.56. The molecule has 3 nitrogen and oxygen atoms in total. The minimum atomic E-state index is -0.670. The van der Waals surface area contributed by atoms with Crippen LogP contribution < -0.4 is 29.6 Å². The van der Waals surface area contributed by atoms with Gasteiger partial charge in [0.15, 0.2) is 0 Å². The summed E-state index contributed by atoms with van der Waals surface area (Å²) in [5.41, 5.74) is 0. The number of unbranched alkanes of at least 4 members (excludes halogenated alkanes) is 4. The molecule has 0 aliphatic heterocycles. The van der Waals surface area contributed by atoms with Crippen LogP contribution in [0.4, 0.5) is 0 Å². The number of nitrogens with two attached hydrogens (primary N) is 1. The van der Waals surface area contributed by atoms with Crippen LogP contribution in [0.2, 0.25) is 0 Å². The van der Waals surface area contributed by atoms with Gasteiger partial charge in [-0.15, -0.1) is 0 Å². The summed E-state index contributed by atoms with van der Waals surface area (Å²) >= 11 is 0. The first kappa shape index (κ1) is 18.3. The Bertz CT molecular complexity index is 99.1. The number of hydrogen-bond donors (Lipinski definition) is 1. The Labute approximate surface area is 96.8 Å². The molecule has 0 aliphatic rings. The summed E-state index contributed by atoms with van der Waals surface area (Å²) in [5.74, 6) is -0.670. The van der Waals surface area contributed by atoms with Crippen LogP contribution in [0.25, 0.3) is 6.15 Å². The van der Waals surface area contributed by atoms with Gasteiger partial charge in [-0.1, -0.05) is 32.6 Å². The fraction of sp³-hybridized carbons (Fsp3) is 0.875. The van der Waals surface area contributed by atoms with Crippen LogP contribution in [0.1, 0.15) is 45.4 Å². The predicted molar refractivity (Wildman–Crippen MR) is 46.3 cm³/mol. The molecule has 0 heterocycles. The van der Waals surface area contributed by atoms with Crippen molar-refractivity contribution in [2.24, 2.45) is 0 Å². The van der Waals surface area contributed by atoms with Crippen molar-refractivity contribution >= 4 is 5.97 Å². The third-order valence-corrected chi connectivity index (χ3v) is 1.49. The molecule has 0 atom stereocenters. The minimum Gasteiger partial charge on any atom is -0.693 e. The minimum absolute atomic E-state index is 0. The molecule has 0 spiro atoms. The largest absolute Gasteiger partial charge is 1.00 e. The van der Waals surface area contributed by atoms with Crippen LogP contribution >= 0.6 is 0 Å². The molecule has 0 radical (unpaired) electrons. The molecule has 0 saturated carbocycles. The van der Waals surface area contributed by atoms with Crippen molar-refractivity contribution in [3.05, 3.63) is 6.15 Å². The zero-order valence-corrected chi connectivity index (χ0v) is 10.2. The zero-order chi connectivity index (χ0) is 7.82. The van der Waals surface area contributed by atoms with Gasteiger partial charge in [0.05, 0.1) is 0 Å². The van der Waals surface area contributed by atoms with Gasteiger partial charge in [0.1, 0.15) is 0 Å². The SMILES string of the molecule is CCCCCCCC(=O)O.[NH2-].[Na+]. The molecule has 12 heavy (non-hydrogen) atoms. The topological polar surface area (TPSA) is 70.8 Å². The van der Waals surface area contributed by atoms with E-state index in [0.717, 1.165) is 12.8 Å². The summed E-state index contributed by atoms with van der Waals surface area (Å²) in [6.45, 7) is 2.15. The Kier molecular flexibility index (Phi) is 21.3. The molecule has 0 unspecified atom stereocenters. The summed E-state index contributed by atoms with van der Waals surface area (Å²) in [7, 11) is 0. The molecule has 0 aromatic carbocycles. The molecule has 68 valence electrons. The van der Waals surface area contributed by atoms with E-state index in [4.69, 9.17) is 5.11 Å². The number of carboxylic acids is 1. The maximum atomic E-state index is 10.0. The molecule has 0 rings (SSSR count). The van der Waals surface area contributed by atoms with Gasteiger partial charge in [-0.05, 0) is 6.42 Å². The van der Waals surface area contributed by atoms with Crippen molar-refractivity contribution in [2.75, 3.05) is 0 Å². The van der Waals surface area contributed by atoms with E-state index in [1.807, 2.05) is 0 Å². The monoisotopic (exact) mass is 183 g/mol. The van der Waals surface area contributed by atoms with Crippen molar-refractivity contribution in [1.82, 2.24) is 0 Å². The Balaban J connectivity index is -0.000000405. The van der Waals surface area contributed by atoms with E-state index in [2.05, 4.69) is 6.92 Å². The van der Waals surface area contributed by atoms with Crippen molar-refractivity contribution in [1.29, 1.82) is 0 Å². The van der Waals surface area contributed by atoms with E-state index in [1.54, 1.807) is 0 Å². The Morgan fingerprint density at radius 1 is 1.17 bits per heavy atom. The van der Waals surface area contributed by atoms with Gasteiger partial charge in [0.2, 0.25) is 0 Å². The summed E-state index contributed by atoms with van der Waals surface area (Å²) in [4.78, 5) is 10.0. The van der Waals surface area contributed by atoms with Crippen molar-refractivity contribution in [3.8, 4) is 0 Å². The molecule has 0 aromatic heterocycles. The molecule has 0 aliphatic carbocycles. The molecule has 0 fully saturated rings. The van der Waals surface area contributed by atoms with Crippen LogP contribution in [0, 0.1) is 0 Å². The quantitative estimate of drug-likeness (QED) is 0.470. The maximum absolute atomic E-state index is 10.0. The van der Waals surface area contributed by atoms with Gasteiger partial charge in [0.25, 0.3) is 0 Å². The molecular formula is C8H18NNaO2. The smallest absolute Gasteiger partial charge is 0.693 e. The van der Waals surface area contributed by atoms with Crippen LogP contribution in [-0.2, 0) is 4.79 Å². The fourth-order valence-electron chi connectivity index (χ4n) is 0.880. The first-order chi connectivity index (χ1) is 4.77. The number of carbonyl (C=O) groups is 1. The summed E-state index contributed by atoms with van der Waals surface area (Å²) < 4.78 is 0. The van der Waals surface area contributed by atoms with Crippen molar-refractivity contribution in [3.63, 3.8) is 0 Å². The van der Waals surface area contributed by atoms with Gasteiger partial charge in [0, 0.05) is 6.42 Å². The number of aliphatic carboxylic acids is 1. The second-order valence-electron chi connectivity index (χ2n) is 2.56. The van der Waals surface area contributed by atoms with E-state index >= 15 is 0 Å². The van der Waals surface area contributed by atoms with Crippen molar-refractivity contribution in [2.45, 2.75) is 45.4 Å². The molecule has 3 N–H and O–H groups in total. The van der Waals surface area contributed by atoms with Gasteiger partial charge in [-0.2, -0.15) is 0 Å². The van der Waals surface area contributed by atoms with Crippen LogP contribution in [0.15, 0.2) is 0 Å². The molecule has 0 bridgehead atoms. The van der Waals surface area contributed by atoms with Crippen molar-refractivity contribution < 1.29 is 39.5 Å². The van der Waals surface area contributed by atoms with E-state index in [1.165, 1.54) is 19.3 Å². The third kappa shape index (κ3) is 16.8. The Morgan fingerprint density at radius 3 is 2.08 bits per heavy atom. The third-order valence-electron chi connectivity index (χ3n) is 1.49. The maximum Gasteiger partial charge on any atom is 1.00 e. The summed E-state index contributed by atoms with van der Waals surface area (Å²) in [6, 6.07) is 0. The van der Waals surface area contributed by atoms with Crippen LogP contribution in [0.3, 0.4) is 0 Å². The van der Waals surface area contributed by atoms with Gasteiger partial charge < -0.3 is 11.3 Å². The Morgan fingerprint density at radius 2 is 1.67 bits per heavy atom. The normalized spacial score (nSPS) is 8.08. The fourth-order valence-corrected chi connectivity index (χ4v) is 0.880. The van der Waals surface area contributed by atoms with E-state index in [0.29, 0.717) is 6.42 Å². The molecule has 4 heteroatoms. The standard InChI is InChI=1S/C8H16O2.H2N.Na/c1-2-3-4-5-6-7-8(9)10;;/h2-7H2,1H3,(H,9,10);1H2;/q;-1;+1. The van der Waals surface area contributed by atoms with E-state index < -0.39 is 5.97 Å². The molecular weight excluding hydrogens is 165 g/mol. The number of carboxylic acid groups (broad SMARTS) is 1. The number of rotatable bonds is 6. The molecule has 0 aromatic rings. The van der Waals surface area contributed by atoms with Gasteiger partial charge in [-0.3, -0.25) is 4.79 Å². The average molecular weight is 183 g/mol. The summed E-state index contributed by atoms with van der Waals surface area (Å²) in [5, 5.41) is 8.27. The molecule has 0 saturated heterocycles. The van der Waals surface area contributed by atoms with Gasteiger partial charge >= 0.3 is 35.5 Å².